The van der Waals surface area contributed by atoms with Gasteiger partial charge in [-0.15, -0.1) is 0 Å². The molecule has 0 spiro atoms. The van der Waals surface area contributed by atoms with Crippen molar-refractivity contribution in [3.63, 3.8) is 0 Å². The normalized spacial score (nSPS) is 21.1. The van der Waals surface area contributed by atoms with Crippen molar-refractivity contribution in [1.82, 2.24) is 0 Å². The zero-order valence-corrected chi connectivity index (χ0v) is 5.75. The van der Waals surface area contributed by atoms with Gasteiger partial charge in [0.1, 0.15) is 5.82 Å². The lowest BCUT2D eigenvalue weighted by atomic mass is 9.87. The van der Waals surface area contributed by atoms with Crippen molar-refractivity contribution in [2.75, 3.05) is 0 Å². The second kappa shape index (κ2) is 2.32. The second-order valence-electron chi connectivity index (χ2n) is 2.51. The fourth-order valence-corrected chi connectivity index (χ4v) is 1.19. The van der Waals surface area contributed by atoms with Crippen LogP contribution in [0.5, 0.6) is 0 Å². The van der Waals surface area contributed by atoms with Crippen molar-refractivity contribution in [3.8, 4) is 0 Å². The molecule has 11 heavy (non-hydrogen) atoms. The van der Waals surface area contributed by atoms with Gasteiger partial charge in [0.2, 0.25) is 0 Å². The molecule has 2 nitrogen and oxygen atoms in total. The summed E-state index contributed by atoms with van der Waals surface area (Å²) in [6.07, 6.45) is -0.944. The summed E-state index contributed by atoms with van der Waals surface area (Å²) in [5.41, 5.74) is 1.41. The van der Waals surface area contributed by atoms with Crippen molar-refractivity contribution < 1.29 is 14.2 Å². The number of rotatable bonds is 0. The van der Waals surface area contributed by atoms with Gasteiger partial charge in [-0.25, -0.2) is 4.39 Å². The Bertz CT molecular complexity index is 290. The predicted octanol–water partition coefficient (Wildman–Crippen LogP) is -0.176. The Kier molecular flexibility index (Phi) is 1.44. The summed E-state index contributed by atoms with van der Waals surface area (Å²) in [6.45, 7) is 0. The predicted molar refractivity (Wildman–Crippen MR) is 39.2 cm³/mol. The molecule has 1 N–H and O–H groups in total. The van der Waals surface area contributed by atoms with Crippen LogP contribution in [0.1, 0.15) is 11.9 Å². The van der Waals surface area contributed by atoms with Crippen LogP contribution in [0.2, 0.25) is 0 Å². The van der Waals surface area contributed by atoms with E-state index in [9.17, 15) is 4.39 Å². The summed E-state index contributed by atoms with van der Waals surface area (Å²) in [5.74, 6) is -0.340. The number of fused-ring (bicyclic) bond motifs is 1. The lowest BCUT2D eigenvalue weighted by Gasteiger charge is -2.02. The van der Waals surface area contributed by atoms with Crippen LogP contribution in [0.15, 0.2) is 18.2 Å². The Morgan fingerprint density at radius 2 is 2.36 bits per heavy atom. The molecule has 1 atom stereocenters. The molecular formula is C7H6BFO2. The first-order chi connectivity index (χ1) is 5.27. The number of aliphatic hydroxyl groups is 1. The zero-order valence-electron chi connectivity index (χ0n) is 5.75. The number of benzene rings is 1. The maximum atomic E-state index is 12.6. The third-order valence-corrected chi connectivity index (χ3v) is 1.77. The van der Waals surface area contributed by atoms with E-state index in [1.54, 1.807) is 6.07 Å². The Morgan fingerprint density at radius 1 is 1.55 bits per heavy atom. The molecule has 1 aromatic rings. The van der Waals surface area contributed by atoms with Gasteiger partial charge in [0, 0.05) is 5.56 Å². The van der Waals surface area contributed by atoms with Crippen LogP contribution in [-0.4, -0.2) is 12.6 Å². The molecule has 0 radical (unpaired) electrons. The molecule has 0 bridgehead atoms. The lowest BCUT2D eigenvalue weighted by Crippen LogP contribution is -2.10. The van der Waals surface area contributed by atoms with Crippen molar-refractivity contribution in [3.05, 3.63) is 29.6 Å². The Balaban J connectivity index is 2.52. The monoisotopic (exact) mass is 152 g/mol. The fraction of sp³-hybridized carbons (Fsp3) is 0.143. The van der Waals surface area contributed by atoms with E-state index < -0.39 is 6.29 Å². The number of aliphatic hydroxyl groups excluding tert-OH is 1. The molecule has 0 aromatic heterocycles. The highest BCUT2D eigenvalue weighted by Crippen LogP contribution is 2.17. The standard InChI is InChI=1S/C7H6BFO2/c9-4-1-2-6-5(3-4)7(10)11-8-6/h1-3,7-8,10H. The van der Waals surface area contributed by atoms with Gasteiger partial charge in [0.25, 0.3) is 0 Å². The third-order valence-electron chi connectivity index (χ3n) is 1.77. The molecule has 1 aliphatic heterocycles. The van der Waals surface area contributed by atoms with Crippen molar-refractivity contribution in [1.29, 1.82) is 0 Å². The second-order valence-corrected chi connectivity index (χ2v) is 2.51. The van der Waals surface area contributed by atoms with E-state index in [2.05, 4.69) is 0 Å². The van der Waals surface area contributed by atoms with Gasteiger partial charge in [-0.05, 0) is 17.6 Å². The SMILES string of the molecule is OC1OBc2ccc(F)cc21. The Hall–Kier alpha value is -0.865. The largest absolute Gasteiger partial charge is 0.408 e. The van der Waals surface area contributed by atoms with E-state index in [0.717, 1.165) is 5.46 Å². The van der Waals surface area contributed by atoms with Crippen LogP contribution in [0.4, 0.5) is 4.39 Å². The van der Waals surface area contributed by atoms with E-state index in [-0.39, 0.29) is 5.82 Å². The molecule has 1 aromatic carbocycles. The summed E-state index contributed by atoms with van der Waals surface area (Å²) in [7, 11) is 0.372. The minimum atomic E-state index is -0.944. The average molecular weight is 152 g/mol. The van der Waals surface area contributed by atoms with Gasteiger partial charge in [-0.1, -0.05) is 6.07 Å². The molecule has 56 valence electrons. The maximum absolute atomic E-state index is 12.6. The molecule has 1 unspecified atom stereocenters. The van der Waals surface area contributed by atoms with Crippen LogP contribution in [0.25, 0.3) is 0 Å². The lowest BCUT2D eigenvalue weighted by molar-refractivity contribution is -0.00812. The molecule has 1 aliphatic rings. The topological polar surface area (TPSA) is 29.5 Å². The molecular weight excluding hydrogens is 146 g/mol. The summed E-state index contributed by atoms with van der Waals surface area (Å²) in [6, 6.07) is 4.29. The van der Waals surface area contributed by atoms with Crippen molar-refractivity contribution in [2.24, 2.45) is 0 Å². The van der Waals surface area contributed by atoms with E-state index in [1.807, 2.05) is 0 Å². The summed E-state index contributed by atoms with van der Waals surface area (Å²) in [4.78, 5) is 0. The van der Waals surface area contributed by atoms with E-state index in [0.29, 0.717) is 13.0 Å². The quantitative estimate of drug-likeness (QED) is 0.522. The van der Waals surface area contributed by atoms with Crippen LogP contribution in [0.3, 0.4) is 0 Å². The van der Waals surface area contributed by atoms with Gasteiger partial charge in [0.15, 0.2) is 6.29 Å². The maximum Gasteiger partial charge on any atom is 0.312 e. The summed E-state index contributed by atoms with van der Waals surface area (Å²) >= 11 is 0. The van der Waals surface area contributed by atoms with Crippen LogP contribution < -0.4 is 5.46 Å². The van der Waals surface area contributed by atoms with E-state index in [4.69, 9.17) is 9.76 Å². The van der Waals surface area contributed by atoms with Gasteiger partial charge < -0.3 is 9.76 Å². The first-order valence-corrected chi connectivity index (χ1v) is 3.35. The van der Waals surface area contributed by atoms with Crippen LogP contribution in [-0.2, 0) is 4.65 Å². The van der Waals surface area contributed by atoms with Gasteiger partial charge in [-0.2, -0.15) is 0 Å². The average Bonchev–Trinajstić information content (AvgIpc) is 2.33. The van der Waals surface area contributed by atoms with Gasteiger partial charge in [0.05, 0.1) is 0 Å². The highest BCUT2D eigenvalue weighted by molar-refractivity contribution is 6.49. The fourth-order valence-electron chi connectivity index (χ4n) is 1.19. The molecule has 0 saturated heterocycles. The summed E-state index contributed by atoms with van der Waals surface area (Å²) < 4.78 is 17.4. The van der Waals surface area contributed by atoms with E-state index >= 15 is 0 Å². The van der Waals surface area contributed by atoms with Gasteiger partial charge in [-0.3, -0.25) is 0 Å². The van der Waals surface area contributed by atoms with Crippen molar-refractivity contribution in [2.45, 2.75) is 6.29 Å². The molecule has 0 amide bonds. The highest BCUT2D eigenvalue weighted by Gasteiger charge is 2.21. The molecule has 0 fully saturated rings. The molecule has 2 rings (SSSR count). The first-order valence-electron chi connectivity index (χ1n) is 3.35. The molecule has 1 heterocycles. The third kappa shape index (κ3) is 1.04. The number of hydrogen-bond donors (Lipinski definition) is 1. The molecule has 0 saturated carbocycles. The zero-order chi connectivity index (χ0) is 7.84. The Morgan fingerprint density at radius 3 is 3.18 bits per heavy atom. The van der Waals surface area contributed by atoms with E-state index in [1.165, 1.54) is 12.1 Å². The van der Waals surface area contributed by atoms with Crippen molar-refractivity contribution >= 4 is 12.9 Å². The van der Waals surface area contributed by atoms with Gasteiger partial charge >= 0.3 is 7.48 Å². The highest BCUT2D eigenvalue weighted by atomic mass is 19.1. The van der Waals surface area contributed by atoms with Crippen LogP contribution >= 0.6 is 0 Å². The number of hydrogen-bond acceptors (Lipinski definition) is 2. The smallest absolute Gasteiger partial charge is 0.312 e. The molecule has 0 aliphatic carbocycles. The first kappa shape index (κ1) is 6.82. The molecule has 4 heteroatoms. The minimum Gasteiger partial charge on any atom is -0.408 e. The van der Waals surface area contributed by atoms with Crippen LogP contribution in [0, 0.1) is 5.82 Å². The number of halogens is 1. The summed E-state index contributed by atoms with van der Waals surface area (Å²) in [5, 5.41) is 9.12. The minimum absolute atomic E-state index is 0.340. The Labute approximate surface area is 63.9 Å².